The molecule has 0 spiro atoms. The normalized spacial score (nSPS) is 14.2. The number of carbonyl (C=O) groups is 1. The van der Waals surface area contributed by atoms with Crippen molar-refractivity contribution in [3.05, 3.63) is 24.2 Å². The summed E-state index contributed by atoms with van der Waals surface area (Å²) in [5, 5.41) is 3.94. The van der Waals surface area contributed by atoms with Gasteiger partial charge in [-0.05, 0) is 39.3 Å². The van der Waals surface area contributed by atoms with E-state index in [1.54, 1.807) is 4.90 Å². The molecular formula is C23H33N5O6S. The topological polar surface area (TPSA) is 117 Å². The molecule has 0 radical (unpaired) electrons. The van der Waals surface area contributed by atoms with E-state index >= 15 is 0 Å². The summed E-state index contributed by atoms with van der Waals surface area (Å²) in [5.74, 6) is 1.29. The van der Waals surface area contributed by atoms with Gasteiger partial charge in [-0.25, -0.2) is 19.7 Å². The van der Waals surface area contributed by atoms with E-state index < -0.39 is 0 Å². The lowest BCUT2D eigenvalue weighted by Gasteiger charge is -2.32. The summed E-state index contributed by atoms with van der Waals surface area (Å²) in [7, 11) is 1.44. The second kappa shape index (κ2) is 13.3. The largest absolute Gasteiger partial charge is 0.485 e. The molecule has 12 heteroatoms. The summed E-state index contributed by atoms with van der Waals surface area (Å²) in [6, 6.07) is 3.68. The number of hydrogen-bond donors (Lipinski definition) is 1. The maximum Gasteiger partial charge on any atom is 0.410 e. The zero-order valence-corrected chi connectivity index (χ0v) is 21.6. The lowest BCUT2D eigenvalue weighted by Crippen LogP contribution is -2.42. The summed E-state index contributed by atoms with van der Waals surface area (Å²) >= 11 is 1.03. The van der Waals surface area contributed by atoms with Gasteiger partial charge >= 0.3 is 6.09 Å². The Morgan fingerprint density at radius 3 is 2.69 bits per heavy atom. The molecule has 35 heavy (non-hydrogen) atoms. The van der Waals surface area contributed by atoms with Crippen LogP contribution in [0.5, 0.6) is 11.6 Å². The monoisotopic (exact) mass is 507 g/mol. The number of pyridine rings is 1. The van der Waals surface area contributed by atoms with E-state index in [1.807, 2.05) is 39.8 Å². The van der Waals surface area contributed by atoms with Crippen molar-refractivity contribution in [1.82, 2.24) is 19.9 Å². The number of anilines is 2. The number of amides is 1. The quantitative estimate of drug-likeness (QED) is 0.259. The number of nitrogens with zero attached hydrogens (tertiary/aromatic N) is 4. The van der Waals surface area contributed by atoms with Crippen molar-refractivity contribution in [3.8, 4) is 11.6 Å². The second-order valence-corrected chi connectivity index (χ2v) is 8.89. The van der Waals surface area contributed by atoms with Crippen LogP contribution in [0, 0.1) is 6.92 Å². The van der Waals surface area contributed by atoms with E-state index in [-0.39, 0.29) is 18.3 Å². The van der Waals surface area contributed by atoms with Crippen LogP contribution in [-0.2, 0) is 14.0 Å². The van der Waals surface area contributed by atoms with Gasteiger partial charge < -0.3 is 24.4 Å². The minimum atomic E-state index is -0.291. The third-order valence-electron chi connectivity index (χ3n) is 5.04. The van der Waals surface area contributed by atoms with Gasteiger partial charge in [0, 0.05) is 25.9 Å². The molecule has 11 nitrogen and oxygen atoms in total. The van der Waals surface area contributed by atoms with Crippen molar-refractivity contribution in [3.63, 3.8) is 0 Å². The molecule has 1 saturated heterocycles. The molecule has 0 atom stereocenters. The summed E-state index contributed by atoms with van der Waals surface area (Å²) in [4.78, 5) is 31.7. The van der Waals surface area contributed by atoms with Crippen molar-refractivity contribution >= 4 is 29.6 Å². The van der Waals surface area contributed by atoms with Gasteiger partial charge in [0.05, 0.1) is 43.2 Å². The van der Waals surface area contributed by atoms with E-state index in [0.29, 0.717) is 55.0 Å². The third-order valence-corrected chi connectivity index (χ3v) is 5.64. The highest BCUT2D eigenvalue weighted by molar-refractivity contribution is 7.94. The third kappa shape index (κ3) is 7.84. The Morgan fingerprint density at radius 2 is 2.03 bits per heavy atom. The summed E-state index contributed by atoms with van der Waals surface area (Å²) in [6.07, 6.45) is 3.04. The van der Waals surface area contributed by atoms with Crippen LogP contribution in [0.15, 0.2) is 23.5 Å². The first-order chi connectivity index (χ1) is 16.9. The van der Waals surface area contributed by atoms with Gasteiger partial charge in [0.2, 0.25) is 5.75 Å². The Morgan fingerprint density at radius 1 is 1.26 bits per heavy atom. The standard InChI is InChI=1S/C23H33N5O6S/c1-6-13-31-20-21(27-18-7-8-19(26-16(18)4)35-34-30-5)24-14-25-22(20)33-17-9-11-28(12-10-17)23(29)32-15(2)3/h7-8,14-15,17H,6,9-13H2,1-5H3,(H,24,25,27). The first kappa shape index (κ1) is 26.8. The van der Waals surface area contributed by atoms with Crippen molar-refractivity contribution in [2.45, 2.75) is 64.2 Å². The average Bonchev–Trinajstić information content (AvgIpc) is 2.84. The average molecular weight is 508 g/mol. The van der Waals surface area contributed by atoms with Crippen LogP contribution >= 0.6 is 12.0 Å². The van der Waals surface area contributed by atoms with Crippen molar-refractivity contribution in [2.24, 2.45) is 0 Å². The summed E-state index contributed by atoms with van der Waals surface area (Å²) in [6.45, 7) is 9.18. The van der Waals surface area contributed by atoms with Crippen LogP contribution in [-0.4, -0.2) is 65.0 Å². The number of likely N-dealkylation sites (tertiary alicyclic amines) is 1. The molecular weight excluding hydrogens is 474 g/mol. The molecule has 192 valence electrons. The SMILES string of the molecule is CCCOc1c(Nc2ccc(SOOC)nc2C)ncnc1OC1CCN(C(=O)OC(C)C)CC1. The van der Waals surface area contributed by atoms with Crippen LogP contribution < -0.4 is 14.8 Å². The Balaban J connectivity index is 1.71. The molecule has 1 fully saturated rings. The molecule has 1 aliphatic rings. The molecule has 0 aliphatic carbocycles. The molecule has 2 aromatic rings. The zero-order valence-electron chi connectivity index (χ0n) is 20.8. The van der Waals surface area contributed by atoms with Crippen LogP contribution in [0.2, 0.25) is 0 Å². The van der Waals surface area contributed by atoms with Crippen molar-refractivity contribution < 1.29 is 28.2 Å². The summed E-state index contributed by atoms with van der Waals surface area (Å²) in [5.41, 5.74) is 1.51. The number of aromatic nitrogens is 3. The van der Waals surface area contributed by atoms with Gasteiger partial charge in [-0.2, -0.15) is 9.32 Å². The highest BCUT2D eigenvalue weighted by Crippen LogP contribution is 2.36. The molecule has 0 saturated carbocycles. The molecule has 1 N–H and O–H groups in total. The molecule has 3 heterocycles. The number of hydrogen-bond acceptors (Lipinski definition) is 11. The minimum absolute atomic E-state index is 0.106. The fraction of sp³-hybridized carbons (Fsp3) is 0.565. The van der Waals surface area contributed by atoms with Gasteiger partial charge in [-0.3, -0.25) is 0 Å². The van der Waals surface area contributed by atoms with E-state index in [1.165, 1.54) is 13.4 Å². The van der Waals surface area contributed by atoms with Gasteiger partial charge in [0.25, 0.3) is 5.88 Å². The Kier molecular flexibility index (Phi) is 10.2. The number of nitrogens with one attached hydrogen (secondary N) is 1. The number of ether oxygens (including phenoxy) is 3. The number of carbonyl (C=O) groups excluding carboxylic acids is 1. The molecule has 3 rings (SSSR count). The molecule has 0 aromatic carbocycles. The number of rotatable bonds is 11. The molecule has 1 amide bonds. The maximum atomic E-state index is 12.2. The van der Waals surface area contributed by atoms with E-state index in [4.69, 9.17) is 18.5 Å². The summed E-state index contributed by atoms with van der Waals surface area (Å²) < 4.78 is 22.4. The fourth-order valence-corrected chi connectivity index (χ4v) is 3.80. The van der Waals surface area contributed by atoms with Gasteiger partial charge in [0.15, 0.2) is 5.82 Å². The molecule has 2 aromatic heterocycles. The number of aryl methyl sites for hydroxylation is 1. The van der Waals surface area contributed by atoms with Crippen LogP contribution in [0.4, 0.5) is 16.3 Å². The predicted molar refractivity (Wildman–Crippen MR) is 131 cm³/mol. The van der Waals surface area contributed by atoms with Gasteiger partial charge in [-0.15, -0.1) is 0 Å². The molecule has 1 aliphatic heterocycles. The second-order valence-electron chi connectivity index (χ2n) is 8.17. The first-order valence-corrected chi connectivity index (χ1v) is 12.4. The highest BCUT2D eigenvalue weighted by atomic mass is 32.2. The predicted octanol–water partition coefficient (Wildman–Crippen LogP) is 4.69. The van der Waals surface area contributed by atoms with Crippen molar-refractivity contribution in [2.75, 3.05) is 32.1 Å². The van der Waals surface area contributed by atoms with E-state index in [9.17, 15) is 4.79 Å². The van der Waals surface area contributed by atoms with Crippen molar-refractivity contribution in [1.29, 1.82) is 0 Å². The van der Waals surface area contributed by atoms with E-state index in [2.05, 4.69) is 25.2 Å². The smallest absolute Gasteiger partial charge is 0.410 e. The highest BCUT2D eigenvalue weighted by Gasteiger charge is 2.27. The Bertz CT molecular complexity index is 971. The van der Waals surface area contributed by atoms with Gasteiger partial charge in [0.1, 0.15) is 17.5 Å². The Labute approximate surface area is 210 Å². The zero-order chi connectivity index (χ0) is 25.2. The lowest BCUT2D eigenvalue weighted by atomic mass is 10.1. The first-order valence-electron chi connectivity index (χ1n) is 11.6. The van der Waals surface area contributed by atoms with Crippen LogP contribution in [0.1, 0.15) is 45.7 Å². The molecule has 0 unspecified atom stereocenters. The Hall–Kier alpha value is -2.83. The maximum absolute atomic E-state index is 12.2. The number of piperidine rings is 1. The van der Waals surface area contributed by atoms with Crippen LogP contribution in [0.25, 0.3) is 0 Å². The fourth-order valence-electron chi connectivity index (χ4n) is 3.37. The van der Waals surface area contributed by atoms with E-state index in [0.717, 1.165) is 29.8 Å². The van der Waals surface area contributed by atoms with Gasteiger partial charge in [-0.1, -0.05) is 6.92 Å². The van der Waals surface area contributed by atoms with Crippen LogP contribution in [0.3, 0.4) is 0 Å². The minimum Gasteiger partial charge on any atom is -0.485 e. The lowest BCUT2D eigenvalue weighted by molar-refractivity contribution is -0.160. The molecule has 0 bridgehead atoms.